The number of urea groups is 1. The standard InChI is InChI=1S/C16H15FN2O3S/c1-16(13-3-2-8-23-13)14(21)19(15(22)18-16)9-12(20)10-4-6-11(17)7-5-10/h2-8,12,20H,9H2,1H3,(H,18,22)/t12-,16-/m0/s1. The van der Waals surface area contributed by atoms with Crippen molar-refractivity contribution in [2.24, 2.45) is 0 Å². The van der Waals surface area contributed by atoms with Crippen LogP contribution in [-0.2, 0) is 10.3 Å². The molecule has 0 bridgehead atoms. The van der Waals surface area contributed by atoms with Gasteiger partial charge in [-0.2, -0.15) is 0 Å². The number of carbonyl (C=O) groups is 2. The number of aliphatic hydroxyl groups is 1. The highest BCUT2D eigenvalue weighted by Crippen LogP contribution is 2.32. The maximum atomic E-state index is 12.9. The first-order valence-corrected chi connectivity index (χ1v) is 7.91. The monoisotopic (exact) mass is 334 g/mol. The molecule has 7 heteroatoms. The lowest BCUT2D eigenvalue weighted by Gasteiger charge is -2.21. The highest BCUT2D eigenvalue weighted by Gasteiger charge is 2.50. The number of aliphatic hydroxyl groups excluding tert-OH is 1. The van der Waals surface area contributed by atoms with E-state index in [-0.39, 0.29) is 6.54 Å². The second-order valence-electron chi connectivity index (χ2n) is 5.52. The first-order valence-electron chi connectivity index (χ1n) is 7.03. The third-order valence-electron chi connectivity index (χ3n) is 3.90. The number of nitrogens with zero attached hydrogens (tertiary/aromatic N) is 1. The molecule has 3 amide bonds. The van der Waals surface area contributed by atoms with E-state index in [0.29, 0.717) is 5.56 Å². The number of halogens is 1. The summed E-state index contributed by atoms with van der Waals surface area (Å²) in [7, 11) is 0. The molecule has 1 aliphatic rings. The van der Waals surface area contributed by atoms with Crippen molar-refractivity contribution < 1.29 is 19.1 Å². The highest BCUT2D eigenvalue weighted by atomic mass is 32.1. The van der Waals surface area contributed by atoms with Crippen LogP contribution in [0.1, 0.15) is 23.5 Å². The van der Waals surface area contributed by atoms with E-state index < -0.39 is 29.4 Å². The molecule has 23 heavy (non-hydrogen) atoms. The van der Waals surface area contributed by atoms with Crippen LogP contribution in [-0.4, -0.2) is 28.5 Å². The zero-order chi connectivity index (χ0) is 16.6. The fraction of sp³-hybridized carbons (Fsp3) is 0.250. The summed E-state index contributed by atoms with van der Waals surface area (Å²) < 4.78 is 12.9. The quantitative estimate of drug-likeness (QED) is 0.844. The first-order chi connectivity index (χ1) is 10.9. The molecule has 2 heterocycles. The van der Waals surface area contributed by atoms with Crippen molar-refractivity contribution in [3.63, 3.8) is 0 Å². The molecule has 1 fully saturated rings. The Hall–Kier alpha value is -2.25. The van der Waals surface area contributed by atoms with Crippen LogP contribution in [0.2, 0.25) is 0 Å². The highest BCUT2D eigenvalue weighted by molar-refractivity contribution is 7.10. The Labute approximate surface area is 136 Å². The van der Waals surface area contributed by atoms with Gasteiger partial charge in [0.15, 0.2) is 5.54 Å². The number of thiophene rings is 1. The lowest BCUT2D eigenvalue weighted by molar-refractivity contribution is -0.132. The zero-order valence-corrected chi connectivity index (χ0v) is 13.1. The molecule has 1 aromatic carbocycles. The fourth-order valence-electron chi connectivity index (χ4n) is 2.56. The van der Waals surface area contributed by atoms with E-state index in [1.54, 1.807) is 19.1 Å². The summed E-state index contributed by atoms with van der Waals surface area (Å²) >= 11 is 1.38. The van der Waals surface area contributed by atoms with Crippen molar-refractivity contribution in [2.45, 2.75) is 18.6 Å². The second-order valence-corrected chi connectivity index (χ2v) is 6.46. The minimum Gasteiger partial charge on any atom is -0.387 e. The van der Waals surface area contributed by atoms with Gasteiger partial charge < -0.3 is 10.4 Å². The number of benzene rings is 1. The predicted octanol–water partition coefficient (Wildman–Crippen LogP) is 2.39. The molecule has 0 radical (unpaired) electrons. The van der Waals surface area contributed by atoms with E-state index >= 15 is 0 Å². The van der Waals surface area contributed by atoms with E-state index in [2.05, 4.69) is 5.32 Å². The van der Waals surface area contributed by atoms with Crippen molar-refractivity contribution in [1.82, 2.24) is 10.2 Å². The molecule has 0 aliphatic carbocycles. The number of β-amino-alcohol motifs (C(OH)–C–C–N with tert-alkyl or cyclic N) is 1. The van der Waals surface area contributed by atoms with Crippen LogP contribution in [0.3, 0.4) is 0 Å². The fourth-order valence-corrected chi connectivity index (χ4v) is 3.39. The summed E-state index contributed by atoms with van der Waals surface area (Å²) in [5.41, 5.74) is -0.676. The molecule has 1 aliphatic heterocycles. The van der Waals surface area contributed by atoms with Gasteiger partial charge in [-0.1, -0.05) is 18.2 Å². The number of imide groups is 1. The molecule has 0 spiro atoms. The number of carbonyl (C=O) groups excluding carboxylic acids is 2. The summed E-state index contributed by atoms with van der Waals surface area (Å²) in [6.45, 7) is 1.46. The molecule has 1 saturated heterocycles. The van der Waals surface area contributed by atoms with E-state index in [1.807, 2.05) is 5.38 Å². The van der Waals surface area contributed by atoms with Crippen molar-refractivity contribution in [3.05, 3.63) is 58.0 Å². The van der Waals surface area contributed by atoms with Gasteiger partial charge in [-0.05, 0) is 36.1 Å². The summed E-state index contributed by atoms with van der Waals surface area (Å²) in [5, 5.41) is 14.7. The molecule has 0 saturated carbocycles. The second kappa shape index (κ2) is 5.75. The van der Waals surface area contributed by atoms with Crippen LogP contribution >= 0.6 is 11.3 Å². The first kappa shape index (κ1) is 15.6. The summed E-state index contributed by atoms with van der Waals surface area (Å²) in [4.78, 5) is 26.5. The van der Waals surface area contributed by atoms with Gasteiger partial charge in [0.2, 0.25) is 0 Å². The van der Waals surface area contributed by atoms with Gasteiger partial charge in [0.1, 0.15) is 5.82 Å². The van der Waals surface area contributed by atoms with Crippen LogP contribution in [0.4, 0.5) is 9.18 Å². The predicted molar refractivity (Wildman–Crippen MR) is 83.3 cm³/mol. The average Bonchev–Trinajstić information content (AvgIpc) is 3.12. The van der Waals surface area contributed by atoms with Crippen LogP contribution < -0.4 is 5.32 Å². The zero-order valence-electron chi connectivity index (χ0n) is 12.3. The average molecular weight is 334 g/mol. The maximum Gasteiger partial charge on any atom is 0.325 e. The van der Waals surface area contributed by atoms with Gasteiger partial charge in [-0.3, -0.25) is 9.69 Å². The van der Waals surface area contributed by atoms with Gasteiger partial charge in [-0.15, -0.1) is 11.3 Å². The minimum atomic E-state index is -1.12. The van der Waals surface area contributed by atoms with Gasteiger partial charge in [0, 0.05) is 4.88 Å². The van der Waals surface area contributed by atoms with Gasteiger partial charge in [0.05, 0.1) is 12.6 Å². The summed E-state index contributed by atoms with van der Waals surface area (Å²) in [5.74, 6) is -0.827. The smallest absolute Gasteiger partial charge is 0.325 e. The Morgan fingerprint density at radius 2 is 2.00 bits per heavy atom. The Bertz CT molecular complexity index is 732. The number of hydrogen-bond donors (Lipinski definition) is 2. The SMILES string of the molecule is C[C@@]1(c2cccs2)NC(=O)N(C[C@H](O)c2ccc(F)cc2)C1=O. The Morgan fingerprint density at radius 3 is 2.61 bits per heavy atom. The van der Waals surface area contributed by atoms with Gasteiger partial charge >= 0.3 is 6.03 Å². The van der Waals surface area contributed by atoms with Crippen LogP contribution in [0.5, 0.6) is 0 Å². The largest absolute Gasteiger partial charge is 0.387 e. The van der Waals surface area contributed by atoms with Crippen LogP contribution in [0.25, 0.3) is 0 Å². The van der Waals surface area contributed by atoms with E-state index in [1.165, 1.54) is 35.6 Å². The van der Waals surface area contributed by atoms with E-state index in [4.69, 9.17) is 0 Å². The number of hydrogen-bond acceptors (Lipinski definition) is 4. The van der Waals surface area contributed by atoms with E-state index in [9.17, 15) is 19.1 Å². The van der Waals surface area contributed by atoms with Crippen molar-refractivity contribution in [1.29, 1.82) is 0 Å². The normalized spacial score (nSPS) is 22.3. The third-order valence-corrected chi connectivity index (χ3v) is 4.99. The number of amides is 3. The molecule has 0 unspecified atom stereocenters. The Kier molecular flexibility index (Phi) is 3.91. The third kappa shape index (κ3) is 2.73. The summed E-state index contributed by atoms with van der Waals surface area (Å²) in [6.07, 6.45) is -1.07. The molecule has 2 atom stereocenters. The maximum absolute atomic E-state index is 12.9. The minimum absolute atomic E-state index is 0.183. The van der Waals surface area contributed by atoms with E-state index in [0.717, 1.165) is 9.78 Å². The number of nitrogens with one attached hydrogen (secondary N) is 1. The molecule has 120 valence electrons. The van der Waals surface area contributed by atoms with Crippen molar-refractivity contribution in [2.75, 3.05) is 6.54 Å². The summed E-state index contributed by atoms with van der Waals surface area (Å²) in [6, 6.07) is 8.34. The molecular formula is C16H15FN2O3S. The van der Waals surface area contributed by atoms with Gasteiger partial charge in [-0.25, -0.2) is 9.18 Å². The van der Waals surface area contributed by atoms with Crippen molar-refractivity contribution in [3.8, 4) is 0 Å². The molecule has 5 nitrogen and oxygen atoms in total. The van der Waals surface area contributed by atoms with Crippen molar-refractivity contribution >= 4 is 23.3 Å². The lowest BCUT2D eigenvalue weighted by Crippen LogP contribution is -2.40. The molecular weight excluding hydrogens is 319 g/mol. The Balaban J connectivity index is 1.79. The van der Waals surface area contributed by atoms with Gasteiger partial charge in [0.25, 0.3) is 5.91 Å². The topological polar surface area (TPSA) is 69.6 Å². The Morgan fingerprint density at radius 1 is 1.30 bits per heavy atom. The number of rotatable bonds is 4. The molecule has 3 rings (SSSR count). The lowest BCUT2D eigenvalue weighted by atomic mass is 10.0. The molecule has 2 aromatic rings. The molecule has 1 aromatic heterocycles. The van der Waals surface area contributed by atoms with Crippen LogP contribution in [0, 0.1) is 5.82 Å². The molecule has 2 N–H and O–H groups in total. The van der Waals surface area contributed by atoms with Crippen LogP contribution in [0.15, 0.2) is 41.8 Å².